The van der Waals surface area contributed by atoms with Gasteiger partial charge in [-0.05, 0) is 38.1 Å². The van der Waals surface area contributed by atoms with E-state index in [2.05, 4.69) is 46.2 Å². The molecule has 0 unspecified atom stereocenters. The molecule has 3 N–H and O–H groups in total. The van der Waals surface area contributed by atoms with Crippen molar-refractivity contribution in [3.63, 3.8) is 0 Å². The number of benzene rings is 1. The van der Waals surface area contributed by atoms with E-state index >= 15 is 0 Å². The Kier molecular flexibility index (Phi) is 4.63. The third kappa shape index (κ3) is 3.11. The lowest BCUT2D eigenvalue weighted by Gasteiger charge is -2.21. The summed E-state index contributed by atoms with van der Waals surface area (Å²) in [5.74, 6) is 0.777. The molecule has 0 aliphatic heterocycles. The number of halogens is 1. The Hall–Kier alpha value is -2.01. The zero-order valence-electron chi connectivity index (χ0n) is 11.6. The number of nitrogens with zero attached hydrogens (tertiary/aromatic N) is 3. The Bertz CT molecular complexity index is 566. The lowest BCUT2D eigenvalue weighted by atomic mass is 10.2. The van der Waals surface area contributed by atoms with Gasteiger partial charge in [-0.2, -0.15) is 0 Å². The lowest BCUT2D eigenvalue weighted by Crippen LogP contribution is -2.21. The third-order valence-corrected chi connectivity index (χ3v) is 3.45. The first-order valence-electron chi connectivity index (χ1n) is 6.53. The standard InChI is InChI=1S/C14H18ClN5/c1-3-20(4-2)11-7-5-10(6-8-11)19-14-12(15)13(16)17-9-18-14/h5-9H,3-4H2,1-2H3,(H3,16,17,18,19). The highest BCUT2D eigenvalue weighted by atomic mass is 35.5. The summed E-state index contributed by atoms with van der Waals surface area (Å²) in [5, 5.41) is 3.47. The highest BCUT2D eigenvalue weighted by molar-refractivity contribution is 6.35. The van der Waals surface area contributed by atoms with E-state index in [1.807, 2.05) is 12.1 Å². The van der Waals surface area contributed by atoms with Crippen LogP contribution in [0.15, 0.2) is 30.6 Å². The fraction of sp³-hybridized carbons (Fsp3) is 0.286. The molecule has 0 aliphatic rings. The molecule has 0 radical (unpaired) electrons. The average molecular weight is 292 g/mol. The monoisotopic (exact) mass is 291 g/mol. The maximum Gasteiger partial charge on any atom is 0.154 e. The molecule has 1 aromatic heterocycles. The van der Waals surface area contributed by atoms with Crippen LogP contribution < -0.4 is 16.0 Å². The summed E-state index contributed by atoms with van der Waals surface area (Å²) < 4.78 is 0. The van der Waals surface area contributed by atoms with Gasteiger partial charge in [0.2, 0.25) is 0 Å². The van der Waals surface area contributed by atoms with Crippen LogP contribution in [0.25, 0.3) is 0 Å². The van der Waals surface area contributed by atoms with Crippen molar-refractivity contribution in [2.45, 2.75) is 13.8 Å². The predicted molar refractivity (Wildman–Crippen MR) is 84.7 cm³/mol. The number of hydrogen-bond donors (Lipinski definition) is 2. The minimum Gasteiger partial charge on any atom is -0.382 e. The van der Waals surface area contributed by atoms with Gasteiger partial charge in [-0.3, -0.25) is 0 Å². The number of nitrogens with two attached hydrogens (primary N) is 1. The van der Waals surface area contributed by atoms with E-state index in [1.54, 1.807) is 0 Å². The molecule has 0 aliphatic carbocycles. The molecule has 0 amide bonds. The van der Waals surface area contributed by atoms with Crippen LogP contribution in [0.4, 0.5) is 23.0 Å². The quantitative estimate of drug-likeness (QED) is 0.885. The maximum atomic E-state index is 6.05. The van der Waals surface area contributed by atoms with Gasteiger partial charge in [-0.1, -0.05) is 11.6 Å². The normalized spacial score (nSPS) is 10.3. The van der Waals surface area contributed by atoms with Crippen molar-refractivity contribution in [2.75, 3.05) is 29.0 Å². The van der Waals surface area contributed by atoms with E-state index in [1.165, 1.54) is 12.0 Å². The van der Waals surface area contributed by atoms with Crippen molar-refractivity contribution in [1.82, 2.24) is 9.97 Å². The number of hydrogen-bond acceptors (Lipinski definition) is 5. The molecule has 0 bridgehead atoms. The molecule has 0 atom stereocenters. The van der Waals surface area contributed by atoms with Crippen LogP contribution in [0, 0.1) is 0 Å². The Morgan fingerprint density at radius 2 is 1.80 bits per heavy atom. The fourth-order valence-electron chi connectivity index (χ4n) is 1.95. The van der Waals surface area contributed by atoms with Gasteiger partial charge in [0.25, 0.3) is 0 Å². The van der Waals surface area contributed by atoms with E-state index in [-0.39, 0.29) is 5.82 Å². The van der Waals surface area contributed by atoms with E-state index < -0.39 is 0 Å². The SMILES string of the molecule is CCN(CC)c1ccc(Nc2ncnc(N)c2Cl)cc1. The second kappa shape index (κ2) is 6.43. The molecule has 106 valence electrons. The van der Waals surface area contributed by atoms with Crippen LogP contribution in [0.1, 0.15) is 13.8 Å². The lowest BCUT2D eigenvalue weighted by molar-refractivity contribution is 0.866. The zero-order chi connectivity index (χ0) is 14.5. The van der Waals surface area contributed by atoms with E-state index in [0.717, 1.165) is 18.8 Å². The van der Waals surface area contributed by atoms with Crippen LogP contribution in [-0.4, -0.2) is 23.1 Å². The van der Waals surface area contributed by atoms with Crippen molar-refractivity contribution in [3.8, 4) is 0 Å². The number of rotatable bonds is 5. The Morgan fingerprint density at radius 1 is 1.15 bits per heavy atom. The van der Waals surface area contributed by atoms with Crippen LogP contribution in [0.2, 0.25) is 5.02 Å². The third-order valence-electron chi connectivity index (χ3n) is 3.08. The molecule has 0 spiro atoms. The van der Waals surface area contributed by atoms with Crippen molar-refractivity contribution in [3.05, 3.63) is 35.6 Å². The van der Waals surface area contributed by atoms with Gasteiger partial charge in [-0.25, -0.2) is 9.97 Å². The second-order valence-electron chi connectivity index (χ2n) is 4.27. The van der Waals surface area contributed by atoms with Crippen molar-refractivity contribution >= 4 is 34.6 Å². The number of nitrogens with one attached hydrogen (secondary N) is 1. The summed E-state index contributed by atoms with van der Waals surface area (Å²) >= 11 is 6.05. The Balaban J connectivity index is 2.17. The largest absolute Gasteiger partial charge is 0.382 e. The molecule has 0 saturated heterocycles. The molecule has 20 heavy (non-hydrogen) atoms. The highest BCUT2D eigenvalue weighted by Crippen LogP contribution is 2.27. The molecule has 6 heteroatoms. The van der Waals surface area contributed by atoms with Crippen LogP contribution in [-0.2, 0) is 0 Å². The van der Waals surface area contributed by atoms with Gasteiger partial charge in [-0.15, -0.1) is 0 Å². The van der Waals surface area contributed by atoms with Crippen LogP contribution in [0.5, 0.6) is 0 Å². The molecule has 5 nitrogen and oxygen atoms in total. The molecular weight excluding hydrogens is 274 g/mol. The predicted octanol–water partition coefficient (Wildman–Crippen LogP) is 3.30. The van der Waals surface area contributed by atoms with Gasteiger partial charge in [0.05, 0.1) is 0 Å². The molecule has 2 rings (SSSR count). The summed E-state index contributed by atoms with van der Waals surface area (Å²) in [6.07, 6.45) is 1.38. The van der Waals surface area contributed by atoms with E-state index in [0.29, 0.717) is 10.8 Å². The van der Waals surface area contributed by atoms with E-state index in [9.17, 15) is 0 Å². The van der Waals surface area contributed by atoms with E-state index in [4.69, 9.17) is 17.3 Å². The summed E-state index contributed by atoms with van der Waals surface area (Å²) in [6, 6.07) is 8.10. The Labute approximate surface area is 123 Å². The molecule has 0 fully saturated rings. The number of anilines is 4. The number of aromatic nitrogens is 2. The topological polar surface area (TPSA) is 67.1 Å². The smallest absolute Gasteiger partial charge is 0.154 e. The van der Waals surface area contributed by atoms with Crippen molar-refractivity contribution < 1.29 is 0 Å². The highest BCUT2D eigenvalue weighted by Gasteiger charge is 2.07. The summed E-state index contributed by atoms with van der Waals surface area (Å²) in [7, 11) is 0. The zero-order valence-corrected chi connectivity index (χ0v) is 12.4. The maximum absolute atomic E-state index is 6.05. The minimum atomic E-state index is 0.268. The van der Waals surface area contributed by atoms with Gasteiger partial charge >= 0.3 is 0 Å². The van der Waals surface area contributed by atoms with Gasteiger partial charge in [0.15, 0.2) is 5.82 Å². The van der Waals surface area contributed by atoms with Gasteiger partial charge in [0, 0.05) is 24.5 Å². The molecule has 1 heterocycles. The first-order chi connectivity index (χ1) is 9.65. The van der Waals surface area contributed by atoms with Crippen LogP contribution >= 0.6 is 11.6 Å². The van der Waals surface area contributed by atoms with Gasteiger partial charge < -0.3 is 16.0 Å². The van der Waals surface area contributed by atoms with Crippen LogP contribution in [0.3, 0.4) is 0 Å². The first kappa shape index (κ1) is 14.4. The Morgan fingerprint density at radius 3 is 2.40 bits per heavy atom. The van der Waals surface area contributed by atoms with Gasteiger partial charge in [0.1, 0.15) is 17.2 Å². The van der Waals surface area contributed by atoms with Crippen molar-refractivity contribution in [2.24, 2.45) is 0 Å². The average Bonchev–Trinajstić information content (AvgIpc) is 2.47. The minimum absolute atomic E-state index is 0.268. The molecule has 1 aromatic carbocycles. The summed E-state index contributed by atoms with van der Waals surface area (Å²) in [6.45, 7) is 6.24. The summed E-state index contributed by atoms with van der Waals surface area (Å²) in [4.78, 5) is 10.2. The fourth-order valence-corrected chi connectivity index (χ4v) is 2.10. The summed E-state index contributed by atoms with van der Waals surface area (Å²) in [5.41, 5.74) is 7.74. The molecular formula is C14H18ClN5. The molecule has 2 aromatic rings. The molecule has 0 saturated carbocycles. The first-order valence-corrected chi connectivity index (χ1v) is 6.91. The van der Waals surface area contributed by atoms with Crippen molar-refractivity contribution in [1.29, 1.82) is 0 Å². The number of nitrogen functional groups attached to an aromatic ring is 1. The second-order valence-corrected chi connectivity index (χ2v) is 4.64.